The molecule has 0 spiro atoms. The number of benzene rings is 2. The minimum atomic E-state index is -0.790. The zero-order chi connectivity index (χ0) is 17.4. The lowest BCUT2D eigenvalue weighted by Gasteiger charge is -2.07. The summed E-state index contributed by atoms with van der Waals surface area (Å²) in [5.41, 5.74) is 0.166. The topological polar surface area (TPSA) is 99.8 Å². The van der Waals surface area contributed by atoms with Crippen LogP contribution in [-0.4, -0.2) is 29.4 Å². The van der Waals surface area contributed by atoms with E-state index in [9.17, 15) is 15.0 Å². The first-order valence-corrected chi connectivity index (χ1v) is 7.09. The molecular formula is C18H15NO5. The Kier molecular flexibility index (Phi) is 5.81. The Morgan fingerprint density at radius 1 is 1.08 bits per heavy atom. The van der Waals surface area contributed by atoms with Crippen LogP contribution >= 0.6 is 0 Å². The Bertz CT molecular complexity index is 778. The summed E-state index contributed by atoms with van der Waals surface area (Å²) < 4.78 is 10.4. The highest BCUT2D eigenvalue weighted by Gasteiger charge is 2.11. The maximum Gasteiger partial charge on any atom is 0.349 e. The molecule has 2 aromatic rings. The molecule has 2 rings (SSSR count). The average Bonchev–Trinajstić information content (AvgIpc) is 2.60. The van der Waals surface area contributed by atoms with Crippen molar-refractivity contribution in [1.29, 1.82) is 5.26 Å². The zero-order valence-electron chi connectivity index (χ0n) is 12.7. The fourth-order valence-electron chi connectivity index (χ4n) is 1.82. The molecule has 2 N–H and O–H groups in total. The largest absolute Gasteiger partial charge is 0.504 e. The van der Waals surface area contributed by atoms with Gasteiger partial charge in [0.15, 0.2) is 11.5 Å². The molecular weight excluding hydrogens is 310 g/mol. The molecule has 122 valence electrons. The predicted octanol–water partition coefficient (Wildman–Crippen LogP) is 2.63. The molecule has 0 aromatic heterocycles. The first-order chi connectivity index (χ1) is 11.6. The lowest BCUT2D eigenvalue weighted by molar-refractivity contribution is -0.139. The Morgan fingerprint density at radius 3 is 2.50 bits per heavy atom. The van der Waals surface area contributed by atoms with Crippen molar-refractivity contribution in [2.45, 2.75) is 0 Å². The van der Waals surface area contributed by atoms with Crippen LogP contribution in [0.4, 0.5) is 0 Å². The number of hydrogen-bond donors (Lipinski definition) is 2. The second-order valence-corrected chi connectivity index (χ2v) is 4.72. The zero-order valence-corrected chi connectivity index (χ0v) is 12.7. The van der Waals surface area contributed by atoms with Gasteiger partial charge < -0.3 is 19.7 Å². The fraction of sp³-hybridized carbons (Fsp3) is 0.111. The number of phenolic OH excluding ortho intramolecular Hbond substituents is 2. The normalized spacial score (nSPS) is 10.7. The number of nitriles is 1. The number of para-hydroxylation sites is 1. The summed E-state index contributed by atoms with van der Waals surface area (Å²) >= 11 is 0. The molecule has 0 fully saturated rings. The van der Waals surface area contributed by atoms with E-state index in [1.165, 1.54) is 24.3 Å². The molecule has 0 aliphatic rings. The van der Waals surface area contributed by atoms with Crippen molar-refractivity contribution >= 4 is 12.0 Å². The van der Waals surface area contributed by atoms with Gasteiger partial charge >= 0.3 is 5.97 Å². The molecule has 0 saturated heterocycles. The summed E-state index contributed by atoms with van der Waals surface area (Å²) in [4.78, 5) is 11.9. The van der Waals surface area contributed by atoms with Gasteiger partial charge in [0.2, 0.25) is 0 Å². The van der Waals surface area contributed by atoms with E-state index in [0.717, 1.165) is 0 Å². The smallest absolute Gasteiger partial charge is 0.349 e. The first-order valence-electron chi connectivity index (χ1n) is 7.09. The van der Waals surface area contributed by atoms with Crippen molar-refractivity contribution in [2.75, 3.05) is 13.2 Å². The molecule has 0 bridgehead atoms. The summed E-state index contributed by atoms with van der Waals surface area (Å²) in [5.74, 6) is -0.761. The van der Waals surface area contributed by atoms with Gasteiger partial charge in [0, 0.05) is 0 Å². The van der Waals surface area contributed by atoms with Crippen molar-refractivity contribution in [2.24, 2.45) is 0 Å². The van der Waals surface area contributed by atoms with Crippen molar-refractivity contribution in [3.63, 3.8) is 0 Å². The third-order valence-corrected chi connectivity index (χ3v) is 2.98. The quantitative estimate of drug-likeness (QED) is 0.278. The molecule has 6 nitrogen and oxygen atoms in total. The monoisotopic (exact) mass is 325 g/mol. The summed E-state index contributed by atoms with van der Waals surface area (Å²) in [7, 11) is 0. The van der Waals surface area contributed by atoms with Gasteiger partial charge in [-0.25, -0.2) is 4.79 Å². The summed E-state index contributed by atoms with van der Waals surface area (Å²) in [5, 5.41) is 27.7. The molecule has 0 aliphatic heterocycles. The number of phenols is 2. The van der Waals surface area contributed by atoms with Crippen LogP contribution in [0.2, 0.25) is 0 Å². The molecule has 0 atom stereocenters. The lowest BCUT2D eigenvalue weighted by atomic mass is 10.1. The van der Waals surface area contributed by atoms with Crippen LogP contribution in [0, 0.1) is 11.3 Å². The lowest BCUT2D eigenvalue weighted by Crippen LogP contribution is -2.13. The van der Waals surface area contributed by atoms with E-state index in [1.54, 1.807) is 18.2 Å². The molecule has 0 unspecified atom stereocenters. The van der Waals surface area contributed by atoms with Gasteiger partial charge in [-0.15, -0.1) is 0 Å². The summed E-state index contributed by atoms with van der Waals surface area (Å²) in [6.45, 7) is 0.155. The molecule has 24 heavy (non-hydrogen) atoms. The van der Waals surface area contributed by atoms with Gasteiger partial charge in [0.25, 0.3) is 0 Å². The van der Waals surface area contributed by atoms with E-state index in [2.05, 4.69) is 0 Å². The summed E-state index contributed by atoms with van der Waals surface area (Å²) in [6.07, 6.45) is 1.26. The van der Waals surface area contributed by atoms with Crippen molar-refractivity contribution in [1.82, 2.24) is 0 Å². The van der Waals surface area contributed by atoms with E-state index in [1.807, 2.05) is 18.2 Å². The number of carbonyl (C=O) groups is 1. The molecule has 0 aliphatic carbocycles. The maximum absolute atomic E-state index is 11.9. The average molecular weight is 325 g/mol. The molecule has 0 radical (unpaired) electrons. The third-order valence-electron chi connectivity index (χ3n) is 2.98. The Balaban J connectivity index is 1.90. The second-order valence-electron chi connectivity index (χ2n) is 4.72. The Hall–Kier alpha value is -3.46. The highest BCUT2D eigenvalue weighted by Crippen LogP contribution is 2.25. The fourth-order valence-corrected chi connectivity index (χ4v) is 1.82. The SMILES string of the molecule is N#C/C(=C\c1ccc(O)c(O)c1)C(=O)OCCOc1ccccc1. The van der Waals surface area contributed by atoms with E-state index in [-0.39, 0.29) is 30.3 Å². The van der Waals surface area contributed by atoms with Gasteiger partial charge in [-0.05, 0) is 35.9 Å². The van der Waals surface area contributed by atoms with Crippen molar-refractivity contribution in [3.8, 4) is 23.3 Å². The number of rotatable bonds is 6. The predicted molar refractivity (Wildman–Crippen MR) is 86.3 cm³/mol. The van der Waals surface area contributed by atoms with E-state index in [0.29, 0.717) is 11.3 Å². The number of ether oxygens (including phenoxy) is 2. The van der Waals surface area contributed by atoms with Crippen LogP contribution in [0.15, 0.2) is 54.1 Å². The maximum atomic E-state index is 11.9. The molecule has 0 amide bonds. The highest BCUT2D eigenvalue weighted by molar-refractivity contribution is 5.97. The molecule has 0 heterocycles. The number of esters is 1. The van der Waals surface area contributed by atoms with E-state index in [4.69, 9.17) is 14.7 Å². The number of nitrogens with zero attached hydrogens (tertiary/aromatic N) is 1. The number of hydrogen-bond acceptors (Lipinski definition) is 6. The molecule has 0 saturated carbocycles. The molecule has 2 aromatic carbocycles. The standard InChI is InChI=1S/C18H15NO5/c19-12-14(10-13-6-7-16(20)17(21)11-13)18(22)24-9-8-23-15-4-2-1-3-5-15/h1-7,10-11,20-21H,8-9H2/b14-10+. The van der Waals surface area contributed by atoms with Gasteiger partial charge in [0.05, 0.1) is 0 Å². The highest BCUT2D eigenvalue weighted by atomic mass is 16.6. The van der Waals surface area contributed by atoms with Crippen molar-refractivity contribution < 1.29 is 24.5 Å². The first kappa shape index (κ1) is 16.9. The van der Waals surface area contributed by atoms with E-state index >= 15 is 0 Å². The van der Waals surface area contributed by atoms with Gasteiger partial charge in [-0.3, -0.25) is 0 Å². The van der Waals surface area contributed by atoms with Gasteiger partial charge in [-0.1, -0.05) is 24.3 Å². The Morgan fingerprint density at radius 2 is 1.83 bits per heavy atom. The van der Waals surface area contributed by atoms with Gasteiger partial charge in [-0.2, -0.15) is 5.26 Å². The second kappa shape index (κ2) is 8.25. The van der Waals surface area contributed by atoms with Crippen LogP contribution < -0.4 is 4.74 Å². The van der Waals surface area contributed by atoms with Crippen LogP contribution in [0.5, 0.6) is 17.2 Å². The van der Waals surface area contributed by atoms with Crippen molar-refractivity contribution in [3.05, 3.63) is 59.7 Å². The minimum absolute atomic E-state index is 0.00637. The van der Waals surface area contributed by atoms with E-state index < -0.39 is 5.97 Å². The Labute approximate surface area is 138 Å². The minimum Gasteiger partial charge on any atom is -0.504 e. The van der Waals surface area contributed by atoms with Gasteiger partial charge in [0.1, 0.15) is 30.6 Å². The van der Waals surface area contributed by atoms with Crippen LogP contribution in [0.25, 0.3) is 6.08 Å². The van der Waals surface area contributed by atoms with Crippen LogP contribution in [0.3, 0.4) is 0 Å². The van der Waals surface area contributed by atoms with Crippen LogP contribution in [0.1, 0.15) is 5.56 Å². The third kappa shape index (κ3) is 4.78. The number of carbonyl (C=O) groups excluding carboxylic acids is 1. The number of aromatic hydroxyl groups is 2. The summed E-state index contributed by atoms with van der Waals surface area (Å²) in [6, 6.07) is 14.8. The van der Waals surface area contributed by atoms with Crippen LogP contribution in [-0.2, 0) is 9.53 Å². The molecule has 6 heteroatoms.